The number of amides is 3. The summed E-state index contributed by atoms with van der Waals surface area (Å²) in [7, 11) is 1.25. The van der Waals surface area contributed by atoms with Crippen LogP contribution in [0.1, 0.15) is 42.3 Å². The van der Waals surface area contributed by atoms with Crippen molar-refractivity contribution in [2.75, 3.05) is 50.1 Å². The Morgan fingerprint density at radius 3 is 2.36 bits per heavy atom. The fraction of sp³-hybridized carbons (Fsp3) is 0.457. The van der Waals surface area contributed by atoms with Gasteiger partial charge in [-0.25, -0.2) is 14.6 Å². The van der Waals surface area contributed by atoms with Gasteiger partial charge >= 0.3 is 12.1 Å². The van der Waals surface area contributed by atoms with Crippen LogP contribution in [0, 0.1) is 0 Å². The number of aliphatic hydroxyl groups is 2. The number of imidazole rings is 1. The molecule has 2 aliphatic heterocycles. The molecule has 15 nitrogen and oxygen atoms in total. The number of benzene rings is 2. The number of carbonyl (C=O) groups is 2. The molecular formula is C35H44N10O5. The molecule has 2 saturated heterocycles. The van der Waals surface area contributed by atoms with Gasteiger partial charge in [-0.15, -0.1) is 0 Å². The molecule has 264 valence electrons. The van der Waals surface area contributed by atoms with Crippen LogP contribution in [0.15, 0.2) is 67.0 Å². The fourth-order valence-corrected chi connectivity index (χ4v) is 7.30. The van der Waals surface area contributed by atoms with E-state index in [1.165, 1.54) is 7.11 Å². The summed E-state index contributed by atoms with van der Waals surface area (Å²) in [6.07, 6.45) is 0.351. The molecule has 15 heteroatoms. The molecule has 1 saturated carbocycles. The number of nitrogens with zero attached hydrogens (tertiary/aromatic N) is 5. The van der Waals surface area contributed by atoms with Crippen LogP contribution in [0.4, 0.5) is 21.4 Å². The minimum absolute atomic E-state index is 0.0128. The first-order valence-electron chi connectivity index (χ1n) is 17.2. The molecule has 1 unspecified atom stereocenters. The molecule has 1 aliphatic carbocycles. The summed E-state index contributed by atoms with van der Waals surface area (Å²) in [6, 6.07) is 19.0. The van der Waals surface area contributed by atoms with Crippen LogP contribution in [0.5, 0.6) is 0 Å². The number of carbonyl (C=O) groups excluding carboxylic acids is 2. The third-order valence-corrected chi connectivity index (χ3v) is 9.99. The van der Waals surface area contributed by atoms with Gasteiger partial charge in [-0.2, -0.15) is 9.97 Å². The first-order valence-corrected chi connectivity index (χ1v) is 17.2. The van der Waals surface area contributed by atoms with Gasteiger partial charge in [-0.05, 0) is 36.9 Å². The number of alkyl carbamates (subject to hydrolysis) is 1. The number of methoxy groups -OCH3 is 1. The zero-order valence-electron chi connectivity index (χ0n) is 27.9. The maximum absolute atomic E-state index is 12.7. The van der Waals surface area contributed by atoms with Crippen molar-refractivity contribution in [3.8, 4) is 0 Å². The molecular weight excluding hydrogens is 640 g/mol. The molecule has 7 N–H and O–H groups in total. The molecule has 4 heterocycles. The second kappa shape index (κ2) is 14.9. The Kier molecular flexibility index (Phi) is 9.96. The quantitative estimate of drug-likeness (QED) is 0.129. The van der Waals surface area contributed by atoms with Gasteiger partial charge in [0.25, 0.3) is 0 Å². The molecule has 7 rings (SSSR count). The van der Waals surface area contributed by atoms with E-state index in [2.05, 4.69) is 50.8 Å². The SMILES string of the molecule is COC(=O)N[C@H]1C[C@@H](n2cnc3c(NCC(c4ccccc4)c4ccccc4)nc(N4CC[C@@H](NC(=O)NC5CCNC5)C4)nc32)[C@H](O)[C@@H]1O. The molecule has 6 atom stereocenters. The van der Waals surface area contributed by atoms with Gasteiger partial charge in [0.1, 0.15) is 12.2 Å². The largest absolute Gasteiger partial charge is 0.453 e. The number of anilines is 2. The highest BCUT2D eigenvalue weighted by molar-refractivity contribution is 5.85. The number of ether oxygens (including phenoxy) is 1. The zero-order valence-corrected chi connectivity index (χ0v) is 27.9. The standard InChI is InChI=1S/C35H44N10O5/c1-50-35(49)41-26-16-27(30(47)29(26)46)45-20-38-28-31(37-18-25(21-8-4-2-5-9-21)22-10-6-3-7-11-22)42-33(43-32(28)45)44-15-13-24(19-44)40-34(48)39-23-12-14-36-17-23/h2-11,20,23-27,29-30,36,46-47H,12-19H2,1H3,(H,41,49)(H,37,42,43)(H2,39,40,48)/t23?,24-,26+,27-,29-,30+/m1/s1. The normalized spacial score (nSPS) is 24.8. The highest BCUT2D eigenvalue weighted by atomic mass is 16.5. The Morgan fingerprint density at radius 2 is 1.68 bits per heavy atom. The molecule has 4 aromatic rings. The minimum atomic E-state index is -1.22. The van der Waals surface area contributed by atoms with Gasteiger partial charge in [0.05, 0.1) is 25.5 Å². The highest BCUT2D eigenvalue weighted by Crippen LogP contribution is 2.35. The minimum Gasteiger partial charge on any atom is -0.453 e. The van der Waals surface area contributed by atoms with Crippen LogP contribution in [0.3, 0.4) is 0 Å². The van der Waals surface area contributed by atoms with Gasteiger partial charge in [-0.3, -0.25) is 0 Å². The molecule has 3 aliphatic rings. The summed E-state index contributed by atoms with van der Waals surface area (Å²) in [5.41, 5.74) is 3.29. The van der Waals surface area contributed by atoms with E-state index in [0.29, 0.717) is 42.6 Å². The average Bonchev–Trinajstić information content (AvgIpc) is 3.95. The zero-order chi connectivity index (χ0) is 34.6. The van der Waals surface area contributed by atoms with Crippen molar-refractivity contribution in [2.24, 2.45) is 0 Å². The molecule has 3 fully saturated rings. The molecule has 2 aromatic heterocycles. The first kappa shape index (κ1) is 33.5. The Bertz CT molecular complexity index is 1730. The van der Waals surface area contributed by atoms with Crippen LogP contribution in [-0.4, -0.2) is 112 Å². The number of aromatic nitrogens is 4. The van der Waals surface area contributed by atoms with Crippen LogP contribution < -0.4 is 31.5 Å². The summed E-state index contributed by atoms with van der Waals surface area (Å²) < 4.78 is 6.48. The fourth-order valence-electron chi connectivity index (χ4n) is 7.30. The maximum atomic E-state index is 12.7. The summed E-state index contributed by atoms with van der Waals surface area (Å²) >= 11 is 0. The molecule has 0 radical (unpaired) electrons. The van der Waals surface area contributed by atoms with Gasteiger partial charge < -0.3 is 51.0 Å². The average molecular weight is 685 g/mol. The van der Waals surface area contributed by atoms with E-state index in [0.717, 1.165) is 37.1 Å². The van der Waals surface area contributed by atoms with Crippen molar-refractivity contribution in [3.05, 3.63) is 78.1 Å². The Balaban J connectivity index is 1.18. The summed E-state index contributed by atoms with van der Waals surface area (Å²) in [4.78, 5) is 41.4. The van der Waals surface area contributed by atoms with Crippen molar-refractivity contribution < 1.29 is 24.5 Å². The Hall–Kier alpha value is -4.99. The predicted molar refractivity (Wildman–Crippen MR) is 187 cm³/mol. The van der Waals surface area contributed by atoms with Gasteiger partial charge in [0.15, 0.2) is 17.0 Å². The molecule has 2 aromatic carbocycles. The predicted octanol–water partition coefficient (Wildman–Crippen LogP) is 1.70. The van der Waals surface area contributed by atoms with Gasteiger partial charge in [-0.1, -0.05) is 60.7 Å². The van der Waals surface area contributed by atoms with E-state index in [4.69, 9.17) is 19.7 Å². The number of urea groups is 1. The lowest BCUT2D eigenvalue weighted by Crippen LogP contribution is -2.47. The first-order chi connectivity index (χ1) is 24.4. The van der Waals surface area contributed by atoms with Crippen molar-refractivity contribution in [3.63, 3.8) is 0 Å². The van der Waals surface area contributed by atoms with Crippen molar-refractivity contribution >= 4 is 35.1 Å². The lowest BCUT2D eigenvalue weighted by molar-refractivity contribution is 0.0142. The third-order valence-electron chi connectivity index (χ3n) is 9.99. The monoisotopic (exact) mass is 684 g/mol. The smallest absolute Gasteiger partial charge is 0.407 e. The number of fused-ring (bicyclic) bond motifs is 1. The number of hydrogen-bond acceptors (Lipinski definition) is 11. The van der Waals surface area contributed by atoms with E-state index in [1.807, 2.05) is 41.3 Å². The van der Waals surface area contributed by atoms with E-state index < -0.39 is 30.4 Å². The lowest BCUT2D eigenvalue weighted by atomic mass is 9.91. The second-order valence-electron chi connectivity index (χ2n) is 13.2. The number of nitrogens with one attached hydrogen (secondary N) is 5. The number of hydrogen-bond donors (Lipinski definition) is 7. The van der Waals surface area contributed by atoms with E-state index in [9.17, 15) is 19.8 Å². The molecule has 0 bridgehead atoms. The molecule has 0 spiro atoms. The third kappa shape index (κ3) is 7.15. The van der Waals surface area contributed by atoms with Crippen LogP contribution in [0.2, 0.25) is 0 Å². The summed E-state index contributed by atoms with van der Waals surface area (Å²) in [6.45, 7) is 3.32. The van der Waals surface area contributed by atoms with Crippen molar-refractivity contribution in [1.29, 1.82) is 0 Å². The van der Waals surface area contributed by atoms with E-state index in [1.54, 1.807) is 10.9 Å². The van der Waals surface area contributed by atoms with Crippen LogP contribution >= 0.6 is 0 Å². The topological polar surface area (TPSA) is 191 Å². The van der Waals surface area contributed by atoms with Crippen molar-refractivity contribution in [1.82, 2.24) is 40.8 Å². The second-order valence-corrected chi connectivity index (χ2v) is 13.2. The number of rotatable bonds is 10. The molecule has 3 amide bonds. The van der Waals surface area contributed by atoms with Gasteiger partial charge in [0, 0.05) is 44.2 Å². The Labute approximate surface area is 289 Å². The van der Waals surface area contributed by atoms with E-state index >= 15 is 0 Å². The maximum Gasteiger partial charge on any atom is 0.407 e. The number of aliphatic hydroxyl groups excluding tert-OH is 2. The van der Waals surface area contributed by atoms with Crippen LogP contribution in [-0.2, 0) is 4.74 Å². The van der Waals surface area contributed by atoms with Crippen LogP contribution in [0.25, 0.3) is 11.2 Å². The van der Waals surface area contributed by atoms with Crippen molar-refractivity contribution in [2.45, 2.75) is 61.6 Å². The highest BCUT2D eigenvalue weighted by Gasteiger charge is 2.44. The molecule has 50 heavy (non-hydrogen) atoms. The summed E-state index contributed by atoms with van der Waals surface area (Å²) in [5, 5.41) is 37.6. The lowest BCUT2D eigenvalue weighted by Gasteiger charge is -2.22. The summed E-state index contributed by atoms with van der Waals surface area (Å²) in [5.74, 6) is 0.999. The van der Waals surface area contributed by atoms with E-state index in [-0.39, 0.29) is 30.5 Å². The Morgan fingerprint density at radius 1 is 0.960 bits per heavy atom. The van der Waals surface area contributed by atoms with Gasteiger partial charge in [0.2, 0.25) is 5.95 Å².